The van der Waals surface area contributed by atoms with Crippen LogP contribution in [0, 0.1) is 6.92 Å². The Kier molecular flexibility index (Phi) is 3.99. The lowest BCUT2D eigenvalue weighted by molar-refractivity contribution is 0.0736. The first-order valence-corrected chi connectivity index (χ1v) is 8.88. The number of carbonyl (C=O) groups excluding carboxylic acids is 1. The summed E-state index contributed by atoms with van der Waals surface area (Å²) in [6.07, 6.45) is 2.06. The Labute approximate surface area is 147 Å². The summed E-state index contributed by atoms with van der Waals surface area (Å²) in [4.78, 5) is 15.1. The summed E-state index contributed by atoms with van der Waals surface area (Å²) in [6, 6.07) is 14.4. The van der Waals surface area contributed by atoms with Gasteiger partial charge in [-0.3, -0.25) is 4.79 Å². The van der Waals surface area contributed by atoms with Gasteiger partial charge in [-0.2, -0.15) is 0 Å². The van der Waals surface area contributed by atoms with Crippen molar-refractivity contribution >= 4 is 16.9 Å². The first kappa shape index (κ1) is 15.8. The fourth-order valence-corrected chi connectivity index (χ4v) is 3.65. The molecule has 1 aliphatic rings. The SMILES string of the molecule is CCn1nnc2cc(C(=O)N3CCCC3c3ccc(C)cc3)ccc21. The third-order valence-electron chi connectivity index (χ3n) is 5.04. The Hall–Kier alpha value is -2.69. The molecule has 5 nitrogen and oxygen atoms in total. The molecule has 1 saturated heterocycles. The molecule has 4 rings (SSSR count). The van der Waals surface area contributed by atoms with Gasteiger partial charge in [0, 0.05) is 18.7 Å². The van der Waals surface area contributed by atoms with Gasteiger partial charge >= 0.3 is 0 Å². The lowest BCUT2D eigenvalue weighted by Crippen LogP contribution is -2.30. The van der Waals surface area contributed by atoms with E-state index in [-0.39, 0.29) is 11.9 Å². The number of hydrogen-bond acceptors (Lipinski definition) is 3. The van der Waals surface area contributed by atoms with Crippen LogP contribution in [0.5, 0.6) is 0 Å². The predicted molar refractivity (Wildman–Crippen MR) is 97.4 cm³/mol. The molecule has 0 aliphatic carbocycles. The summed E-state index contributed by atoms with van der Waals surface area (Å²) in [6.45, 7) is 5.69. The molecule has 1 amide bonds. The zero-order valence-corrected chi connectivity index (χ0v) is 14.6. The minimum absolute atomic E-state index is 0.0797. The molecule has 0 N–H and O–H groups in total. The molecule has 128 valence electrons. The van der Waals surface area contributed by atoms with Crippen molar-refractivity contribution in [3.8, 4) is 0 Å². The minimum Gasteiger partial charge on any atom is -0.332 e. The van der Waals surface area contributed by atoms with E-state index in [9.17, 15) is 4.79 Å². The highest BCUT2D eigenvalue weighted by Crippen LogP contribution is 2.33. The number of benzene rings is 2. The van der Waals surface area contributed by atoms with E-state index in [0.717, 1.165) is 37.0 Å². The molecule has 1 aliphatic heterocycles. The molecule has 3 aromatic rings. The van der Waals surface area contributed by atoms with Gasteiger partial charge in [0.2, 0.25) is 0 Å². The minimum atomic E-state index is 0.0797. The van der Waals surface area contributed by atoms with Crippen LogP contribution in [0.25, 0.3) is 11.0 Å². The fraction of sp³-hybridized carbons (Fsp3) is 0.350. The van der Waals surface area contributed by atoms with Crippen LogP contribution in [0.4, 0.5) is 0 Å². The molecule has 1 fully saturated rings. The Bertz CT molecular complexity index is 913. The molecule has 2 aromatic carbocycles. The quantitative estimate of drug-likeness (QED) is 0.733. The number of hydrogen-bond donors (Lipinski definition) is 0. The predicted octanol–water partition coefficient (Wildman–Crippen LogP) is 3.74. The average Bonchev–Trinajstić information content (AvgIpc) is 3.28. The van der Waals surface area contributed by atoms with Crippen LogP contribution in [-0.4, -0.2) is 32.3 Å². The van der Waals surface area contributed by atoms with Crippen LogP contribution < -0.4 is 0 Å². The average molecular weight is 334 g/mol. The molecule has 0 saturated carbocycles. The van der Waals surface area contributed by atoms with Crippen molar-refractivity contribution in [3.05, 3.63) is 59.2 Å². The summed E-state index contributed by atoms with van der Waals surface area (Å²) in [5.41, 5.74) is 4.89. The highest BCUT2D eigenvalue weighted by Gasteiger charge is 2.30. The topological polar surface area (TPSA) is 51.0 Å². The molecule has 0 bridgehead atoms. The molecular formula is C20H22N4O. The lowest BCUT2D eigenvalue weighted by atomic mass is 10.0. The van der Waals surface area contributed by atoms with Crippen molar-refractivity contribution in [1.82, 2.24) is 19.9 Å². The van der Waals surface area contributed by atoms with E-state index in [1.807, 2.05) is 34.7 Å². The summed E-state index contributed by atoms with van der Waals surface area (Å²) in [5.74, 6) is 0.0797. The second-order valence-corrected chi connectivity index (χ2v) is 6.68. The standard InChI is InChI=1S/C20H22N4O/c1-3-24-19-11-10-16(13-17(19)21-22-24)20(25)23-12-4-5-18(23)15-8-6-14(2)7-9-15/h6-11,13,18H,3-5,12H2,1-2H3. The Morgan fingerprint density at radius 3 is 2.76 bits per heavy atom. The van der Waals surface area contributed by atoms with E-state index in [1.54, 1.807) is 0 Å². The Morgan fingerprint density at radius 2 is 2.00 bits per heavy atom. The molecule has 5 heteroatoms. The number of rotatable bonds is 3. The third kappa shape index (κ3) is 2.80. The van der Waals surface area contributed by atoms with Crippen molar-refractivity contribution < 1.29 is 4.79 Å². The summed E-state index contributed by atoms with van der Waals surface area (Å²) < 4.78 is 1.84. The maximum absolute atomic E-state index is 13.1. The van der Waals surface area contributed by atoms with Crippen molar-refractivity contribution in [2.24, 2.45) is 0 Å². The van der Waals surface area contributed by atoms with E-state index in [0.29, 0.717) is 5.56 Å². The second kappa shape index (κ2) is 6.31. The molecular weight excluding hydrogens is 312 g/mol. The highest BCUT2D eigenvalue weighted by atomic mass is 16.2. The van der Waals surface area contributed by atoms with E-state index >= 15 is 0 Å². The zero-order chi connectivity index (χ0) is 17.4. The summed E-state index contributed by atoms with van der Waals surface area (Å²) in [5, 5.41) is 8.31. The van der Waals surface area contributed by atoms with Gasteiger partial charge in [-0.15, -0.1) is 5.10 Å². The Morgan fingerprint density at radius 1 is 1.20 bits per heavy atom. The lowest BCUT2D eigenvalue weighted by Gasteiger charge is -2.25. The van der Waals surface area contributed by atoms with Crippen LogP contribution in [0.1, 0.15) is 47.3 Å². The monoisotopic (exact) mass is 334 g/mol. The molecule has 0 spiro atoms. The summed E-state index contributed by atoms with van der Waals surface area (Å²) >= 11 is 0. The molecule has 25 heavy (non-hydrogen) atoms. The first-order valence-electron chi connectivity index (χ1n) is 8.88. The van der Waals surface area contributed by atoms with Crippen molar-refractivity contribution in [1.29, 1.82) is 0 Å². The van der Waals surface area contributed by atoms with Crippen LogP contribution in [0.2, 0.25) is 0 Å². The van der Waals surface area contributed by atoms with Crippen LogP contribution >= 0.6 is 0 Å². The van der Waals surface area contributed by atoms with Crippen molar-refractivity contribution in [2.75, 3.05) is 6.54 Å². The normalized spacial score (nSPS) is 17.4. The van der Waals surface area contributed by atoms with Gasteiger partial charge in [-0.05, 0) is 50.5 Å². The molecule has 1 aromatic heterocycles. The van der Waals surface area contributed by atoms with Gasteiger partial charge in [-0.25, -0.2) is 4.68 Å². The van der Waals surface area contributed by atoms with Crippen LogP contribution in [-0.2, 0) is 6.54 Å². The number of likely N-dealkylation sites (tertiary alicyclic amines) is 1. The molecule has 2 heterocycles. The highest BCUT2D eigenvalue weighted by molar-refractivity contribution is 5.97. The first-order chi connectivity index (χ1) is 12.2. The van der Waals surface area contributed by atoms with Gasteiger partial charge in [0.1, 0.15) is 5.52 Å². The summed E-state index contributed by atoms with van der Waals surface area (Å²) in [7, 11) is 0. The van der Waals surface area contributed by atoms with E-state index in [1.165, 1.54) is 11.1 Å². The van der Waals surface area contributed by atoms with Crippen LogP contribution in [0.3, 0.4) is 0 Å². The van der Waals surface area contributed by atoms with Crippen LogP contribution in [0.15, 0.2) is 42.5 Å². The number of carbonyl (C=O) groups is 1. The maximum atomic E-state index is 13.1. The number of amides is 1. The van der Waals surface area contributed by atoms with Crippen molar-refractivity contribution in [2.45, 2.75) is 39.3 Å². The van der Waals surface area contributed by atoms with Gasteiger partial charge < -0.3 is 4.90 Å². The molecule has 1 unspecified atom stereocenters. The zero-order valence-electron chi connectivity index (χ0n) is 14.6. The smallest absolute Gasteiger partial charge is 0.254 e. The fourth-order valence-electron chi connectivity index (χ4n) is 3.65. The van der Waals surface area contributed by atoms with Gasteiger partial charge in [-0.1, -0.05) is 35.0 Å². The molecule has 1 atom stereocenters. The van der Waals surface area contributed by atoms with E-state index in [4.69, 9.17) is 0 Å². The van der Waals surface area contributed by atoms with Gasteiger partial charge in [0.15, 0.2) is 0 Å². The molecule has 0 radical (unpaired) electrons. The number of aryl methyl sites for hydroxylation is 2. The Balaban J connectivity index is 1.64. The van der Waals surface area contributed by atoms with Crippen molar-refractivity contribution in [3.63, 3.8) is 0 Å². The van der Waals surface area contributed by atoms with E-state index < -0.39 is 0 Å². The number of fused-ring (bicyclic) bond motifs is 1. The third-order valence-corrected chi connectivity index (χ3v) is 5.04. The second-order valence-electron chi connectivity index (χ2n) is 6.68. The largest absolute Gasteiger partial charge is 0.332 e. The maximum Gasteiger partial charge on any atom is 0.254 e. The van der Waals surface area contributed by atoms with Gasteiger partial charge in [0.05, 0.1) is 11.6 Å². The van der Waals surface area contributed by atoms with E-state index in [2.05, 4.69) is 41.5 Å². The number of nitrogens with zero attached hydrogens (tertiary/aromatic N) is 4. The van der Waals surface area contributed by atoms with Gasteiger partial charge in [0.25, 0.3) is 5.91 Å². The number of aromatic nitrogens is 3.